The fraction of sp³-hybridized carbons (Fsp3) is 0.381. The second-order valence-electron chi connectivity index (χ2n) is 6.83. The van der Waals surface area contributed by atoms with E-state index >= 15 is 0 Å². The molecule has 7 nitrogen and oxygen atoms in total. The molecule has 8 heteroatoms. The summed E-state index contributed by atoms with van der Waals surface area (Å²) in [5.74, 6) is 1.70. The van der Waals surface area contributed by atoms with Crippen LogP contribution in [0.1, 0.15) is 23.3 Å². The van der Waals surface area contributed by atoms with Crippen molar-refractivity contribution in [3.8, 4) is 11.4 Å². The van der Waals surface area contributed by atoms with Crippen molar-refractivity contribution in [3.05, 3.63) is 47.4 Å². The molecule has 2 aromatic heterocycles. The van der Waals surface area contributed by atoms with Crippen LogP contribution in [0.4, 0.5) is 5.69 Å². The second kappa shape index (κ2) is 9.76. The molecule has 0 saturated carbocycles. The number of aryl methyl sites for hydroxylation is 3. The predicted octanol–water partition coefficient (Wildman–Crippen LogP) is 4.23. The molecule has 0 aliphatic rings. The topological polar surface area (TPSA) is 82.2 Å². The van der Waals surface area contributed by atoms with Crippen LogP contribution in [0.2, 0.25) is 0 Å². The average Bonchev–Trinajstić information content (AvgIpc) is 3.29. The Kier molecular flexibility index (Phi) is 7.11. The summed E-state index contributed by atoms with van der Waals surface area (Å²) in [6, 6.07) is 7.78. The van der Waals surface area contributed by atoms with Gasteiger partial charge < -0.3 is 19.0 Å². The van der Waals surface area contributed by atoms with Gasteiger partial charge in [-0.1, -0.05) is 17.8 Å². The highest BCUT2D eigenvalue weighted by molar-refractivity contribution is 7.99. The number of methoxy groups -OCH3 is 1. The van der Waals surface area contributed by atoms with Gasteiger partial charge in [-0.15, -0.1) is 10.2 Å². The summed E-state index contributed by atoms with van der Waals surface area (Å²) in [5.41, 5.74) is 4.05. The number of carbonyl (C=O) groups excluding carboxylic acids is 1. The molecule has 0 spiro atoms. The summed E-state index contributed by atoms with van der Waals surface area (Å²) in [6.07, 6.45) is 2.46. The first kappa shape index (κ1) is 21.1. The van der Waals surface area contributed by atoms with Crippen LogP contribution in [0.15, 0.2) is 40.1 Å². The molecule has 1 N–H and O–H groups in total. The van der Waals surface area contributed by atoms with E-state index in [2.05, 4.69) is 15.5 Å². The van der Waals surface area contributed by atoms with Crippen molar-refractivity contribution in [1.29, 1.82) is 0 Å². The van der Waals surface area contributed by atoms with Crippen LogP contribution in [0.3, 0.4) is 0 Å². The van der Waals surface area contributed by atoms with Crippen LogP contribution in [0.25, 0.3) is 11.4 Å². The van der Waals surface area contributed by atoms with E-state index in [9.17, 15) is 4.79 Å². The molecule has 0 aliphatic heterocycles. The highest BCUT2D eigenvalue weighted by atomic mass is 32.2. The van der Waals surface area contributed by atoms with E-state index in [1.165, 1.54) is 17.3 Å². The number of furan rings is 1. The van der Waals surface area contributed by atoms with Crippen molar-refractivity contribution >= 4 is 23.4 Å². The van der Waals surface area contributed by atoms with Gasteiger partial charge in [-0.05, 0) is 56.5 Å². The molecule has 0 bridgehead atoms. The lowest BCUT2D eigenvalue weighted by Gasteiger charge is -2.10. The first-order valence-corrected chi connectivity index (χ1v) is 10.4. The smallest absolute Gasteiger partial charge is 0.234 e. The number of thioether (sulfide) groups is 1. The molecule has 1 amide bonds. The van der Waals surface area contributed by atoms with Crippen LogP contribution >= 0.6 is 11.8 Å². The Morgan fingerprint density at radius 3 is 2.72 bits per heavy atom. The van der Waals surface area contributed by atoms with Gasteiger partial charge in [-0.2, -0.15) is 0 Å². The zero-order chi connectivity index (χ0) is 20.8. The largest absolute Gasteiger partial charge is 0.469 e. The van der Waals surface area contributed by atoms with Crippen molar-refractivity contribution in [2.45, 2.75) is 38.9 Å². The summed E-state index contributed by atoms with van der Waals surface area (Å²) in [7, 11) is 1.68. The molecule has 0 aliphatic carbocycles. The van der Waals surface area contributed by atoms with Crippen molar-refractivity contribution in [2.24, 2.45) is 0 Å². The standard InChI is InChI=1S/C21H26N4O3S/c1-14-6-7-17(12-15(14)2)22-19(26)13-29-21-24-23-20(18-8-11-28-16(18)3)25(21)9-5-10-27-4/h6-8,11-12H,5,9-10,13H2,1-4H3,(H,22,26). The van der Waals surface area contributed by atoms with E-state index in [0.29, 0.717) is 18.3 Å². The van der Waals surface area contributed by atoms with E-state index in [4.69, 9.17) is 9.15 Å². The predicted molar refractivity (Wildman–Crippen MR) is 114 cm³/mol. The van der Waals surface area contributed by atoms with Gasteiger partial charge in [0.15, 0.2) is 11.0 Å². The lowest BCUT2D eigenvalue weighted by Crippen LogP contribution is -2.15. The third-order valence-corrected chi connectivity index (χ3v) is 5.64. The summed E-state index contributed by atoms with van der Waals surface area (Å²) in [4.78, 5) is 12.4. The number of benzene rings is 1. The van der Waals surface area contributed by atoms with Gasteiger partial charge >= 0.3 is 0 Å². The summed E-state index contributed by atoms with van der Waals surface area (Å²) in [5, 5.41) is 12.3. The van der Waals surface area contributed by atoms with Gasteiger partial charge in [-0.3, -0.25) is 4.79 Å². The molecular weight excluding hydrogens is 388 g/mol. The molecule has 0 atom stereocenters. The van der Waals surface area contributed by atoms with Crippen LogP contribution in [0.5, 0.6) is 0 Å². The normalized spacial score (nSPS) is 11.0. The van der Waals surface area contributed by atoms with Gasteiger partial charge in [-0.25, -0.2) is 0 Å². The minimum Gasteiger partial charge on any atom is -0.469 e. The zero-order valence-electron chi connectivity index (χ0n) is 17.2. The number of hydrogen-bond donors (Lipinski definition) is 1. The van der Waals surface area contributed by atoms with Crippen LogP contribution in [0, 0.1) is 20.8 Å². The van der Waals surface area contributed by atoms with Crippen molar-refractivity contribution in [2.75, 3.05) is 24.8 Å². The minimum absolute atomic E-state index is 0.0780. The van der Waals surface area contributed by atoms with Gasteiger partial charge in [0.1, 0.15) is 5.76 Å². The Labute approximate surface area is 174 Å². The molecule has 154 valence electrons. The summed E-state index contributed by atoms with van der Waals surface area (Å²) < 4.78 is 12.6. The van der Waals surface area contributed by atoms with Crippen molar-refractivity contribution in [1.82, 2.24) is 14.8 Å². The Morgan fingerprint density at radius 2 is 2.03 bits per heavy atom. The maximum absolute atomic E-state index is 12.4. The maximum atomic E-state index is 12.4. The molecule has 0 saturated heterocycles. The fourth-order valence-corrected chi connectivity index (χ4v) is 3.69. The highest BCUT2D eigenvalue weighted by Gasteiger charge is 2.18. The number of rotatable bonds is 9. The zero-order valence-corrected chi connectivity index (χ0v) is 18.0. The SMILES string of the molecule is COCCCn1c(SCC(=O)Nc2ccc(C)c(C)c2)nnc1-c1ccoc1C. The van der Waals surface area contributed by atoms with Gasteiger partial charge in [0.25, 0.3) is 0 Å². The first-order chi connectivity index (χ1) is 14.0. The lowest BCUT2D eigenvalue weighted by atomic mass is 10.1. The quantitative estimate of drug-likeness (QED) is 0.417. The fourth-order valence-electron chi connectivity index (χ4n) is 2.93. The van der Waals surface area contributed by atoms with E-state index in [1.807, 2.05) is 49.6 Å². The number of anilines is 1. The Hall–Kier alpha value is -2.58. The van der Waals surface area contributed by atoms with Gasteiger partial charge in [0.05, 0.1) is 17.6 Å². The molecule has 1 aromatic carbocycles. The third-order valence-electron chi connectivity index (χ3n) is 4.67. The van der Waals surface area contributed by atoms with Gasteiger partial charge in [0, 0.05) is 25.9 Å². The number of aromatic nitrogens is 3. The molecule has 3 aromatic rings. The summed E-state index contributed by atoms with van der Waals surface area (Å²) >= 11 is 1.37. The molecule has 0 unspecified atom stereocenters. The van der Waals surface area contributed by atoms with Crippen molar-refractivity contribution < 1.29 is 13.9 Å². The molecule has 2 heterocycles. The third kappa shape index (κ3) is 5.27. The Morgan fingerprint density at radius 1 is 1.21 bits per heavy atom. The molecule has 29 heavy (non-hydrogen) atoms. The monoisotopic (exact) mass is 414 g/mol. The minimum atomic E-state index is -0.0780. The van der Waals surface area contributed by atoms with E-state index < -0.39 is 0 Å². The second-order valence-corrected chi connectivity index (χ2v) is 7.77. The molecule has 0 radical (unpaired) electrons. The first-order valence-electron chi connectivity index (χ1n) is 9.46. The van der Waals surface area contributed by atoms with E-state index in [1.54, 1.807) is 13.4 Å². The number of nitrogens with one attached hydrogen (secondary N) is 1. The molecule has 3 rings (SSSR count). The Bertz CT molecular complexity index is 980. The number of amides is 1. The maximum Gasteiger partial charge on any atom is 0.234 e. The van der Waals surface area contributed by atoms with E-state index in [-0.39, 0.29) is 11.7 Å². The van der Waals surface area contributed by atoms with Crippen LogP contribution in [-0.2, 0) is 16.1 Å². The molecular formula is C21H26N4O3S. The van der Waals surface area contributed by atoms with E-state index in [0.717, 1.165) is 34.8 Å². The van der Waals surface area contributed by atoms with Gasteiger partial charge in [0.2, 0.25) is 5.91 Å². The number of hydrogen-bond acceptors (Lipinski definition) is 6. The average molecular weight is 415 g/mol. The number of carbonyl (C=O) groups is 1. The number of ether oxygens (including phenoxy) is 1. The summed E-state index contributed by atoms with van der Waals surface area (Å²) in [6.45, 7) is 7.31. The van der Waals surface area contributed by atoms with Crippen LogP contribution < -0.4 is 5.32 Å². The van der Waals surface area contributed by atoms with Crippen LogP contribution in [-0.4, -0.2) is 40.1 Å². The molecule has 0 fully saturated rings. The van der Waals surface area contributed by atoms with Crippen molar-refractivity contribution in [3.63, 3.8) is 0 Å². The highest BCUT2D eigenvalue weighted by Crippen LogP contribution is 2.27. The Balaban J connectivity index is 1.70. The number of nitrogens with zero attached hydrogens (tertiary/aromatic N) is 3. The lowest BCUT2D eigenvalue weighted by molar-refractivity contribution is -0.113.